The molecule has 3 aromatic carbocycles. The molecule has 2 aromatic heterocycles. The maximum atomic E-state index is 13.2. The molecule has 0 aliphatic rings. The Labute approximate surface area is 210 Å². The molecule has 35 heavy (non-hydrogen) atoms. The van der Waals surface area contributed by atoms with E-state index in [1.165, 1.54) is 4.57 Å². The van der Waals surface area contributed by atoms with Gasteiger partial charge in [-0.25, -0.2) is 0 Å². The predicted molar refractivity (Wildman–Crippen MR) is 140 cm³/mol. The second-order valence-electron chi connectivity index (χ2n) is 8.08. The standard InChI is InChI=1S/C26H21ClN4O3S/c1-34-18-10-11-21-19(12-18)22-23(29-21)25(33)31(26(35)30-22)14-15-6-8-16(9-7-15)24(32)28-13-17-4-2-3-5-20(17)27/h2-12,29H,13-14H2,1H3,(H,28,32)(H,30,35). The largest absolute Gasteiger partial charge is 0.497 e. The predicted octanol–water partition coefficient (Wildman–Crippen LogP) is 5.18. The van der Waals surface area contributed by atoms with Crippen LogP contribution in [0.4, 0.5) is 0 Å². The molecular weight excluding hydrogens is 484 g/mol. The van der Waals surface area contributed by atoms with E-state index >= 15 is 0 Å². The minimum absolute atomic E-state index is 0.208. The maximum absolute atomic E-state index is 13.2. The first-order valence-corrected chi connectivity index (χ1v) is 11.7. The highest BCUT2D eigenvalue weighted by atomic mass is 35.5. The number of nitrogens with zero attached hydrogens (tertiary/aromatic N) is 1. The van der Waals surface area contributed by atoms with Crippen molar-refractivity contribution in [2.45, 2.75) is 13.1 Å². The number of nitrogens with one attached hydrogen (secondary N) is 3. The number of ether oxygens (including phenoxy) is 1. The number of aromatic amines is 2. The fourth-order valence-corrected chi connectivity index (χ4v) is 4.45. The molecule has 7 nitrogen and oxygen atoms in total. The van der Waals surface area contributed by atoms with Crippen LogP contribution in [-0.4, -0.2) is 27.6 Å². The summed E-state index contributed by atoms with van der Waals surface area (Å²) in [5.41, 5.74) is 3.88. The van der Waals surface area contributed by atoms with Gasteiger partial charge in [0.2, 0.25) is 0 Å². The summed E-state index contributed by atoms with van der Waals surface area (Å²) in [5, 5.41) is 4.31. The molecular formula is C26H21ClN4O3S. The second-order valence-corrected chi connectivity index (χ2v) is 8.87. The Morgan fingerprint density at radius 3 is 2.57 bits per heavy atom. The van der Waals surface area contributed by atoms with Gasteiger partial charge in [0.15, 0.2) is 4.77 Å². The zero-order valence-corrected chi connectivity index (χ0v) is 20.3. The van der Waals surface area contributed by atoms with Crippen molar-refractivity contribution in [2.75, 3.05) is 7.11 Å². The van der Waals surface area contributed by atoms with Gasteiger partial charge in [-0.1, -0.05) is 41.9 Å². The van der Waals surface area contributed by atoms with Crippen LogP contribution in [0.2, 0.25) is 5.02 Å². The van der Waals surface area contributed by atoms with E-state index in [4.69, 9.17) is 28.6 Å². The fourth-order valence-electron chi connectivity index (χ4n) is 4.00. The lowest BCUT2D eigenvalue weighted by atomic mass is 10.1. The van der Waals surface area contributed by atoms with Crippen molar-refractivity contribution in [3.05, 3.63) is 104 Å². The van der Waals surface area contributed by atoms with E-state index in [0.29, 0.717) is 38.7 Å². The molecule has 0 aliphatic heterocycles. The van der Waals surface area contributed by atoms with Crippen LogP contribution in [0.5, 0.6) is 5.75 Å². The molecule has 0 radical (unpaired) electrons. The molecule has 0 spiro atoms. The summed E-state index contributed by atoms with van der Waals surface area (Å²) in [6.07, 6.45) is 0. The van der Waals surface area contributed by atoms with Gasteiger partial charge in [-0.05, 0) is 59.7 Å². The van der Waals surface area contributed by atoms with E-state index in [-0.39, 0.29) is 18.0 Å². The molecule has 2 heterocycles. The van der Waals surface area contributed by atoms with E-state index < -0.39 is 0 Å². The highest BCUT2D eigenvalue weighted by molar-refractivity contribution is 7.71. The van der Waals surface area contributed by atoms with Crippen LogP contribution in [0, 0.1) is 4.77 Å². The normalized spacial score (nSPS) is 11.1. The first kappa shape index (κ1) is 22.9. The summed E-state index contributed by atoms with van der Waals surface area (Å²) in [6, 6.07) is 20.0. The number of methoxy groups -OCH3 is 1. The molecule has 0 aliphatic carbocycles. The van der Waals surface area contributed by atoms with Crippen LogP contribution >= 0.6 is 23.8 Å². The lowest BCUT2D eigenvalue weighted by Gasteiger charge is -2.09. The zero-order chi connectivity index (χ0) is 24.5. The average molecular weight is 505 g/mol. The van der Waals surface area contributed by atoms with Crippen LogP contribution in [0.1, 0.15) is 21.5 Å². The number of hydrogen-bond donors (Lipinski definition) is 3. The molecule has 0 fully saturated rings. The number of halogens is 1. The molecule has 0 saturated carbocycles. The van der Waals surface area contributed by atoms with Gasteiger partial charge in [0, 0.05) is 28.0 Å². The molecule has 1 amide bonds. The number of rotatable bonds is 6. The molecule has 0 bridgehead atoms. The van der Waals surface area contributed by atoms with E-state index in [2.05, 4.69) is 15.3 Å². The van der Waals surface area contributed by atoms with Crippen molar-refractivity contribution in [3.63, 3.8) is 0 Å². The second kappa shape index (κ2) is 9.40. The molecule has 9 heteroatoms. The van der Waals surface area contributed by atoms with E-state index in [1.54, 1.807) is 25.3 Å². The van der Waals surface area contributed by atoms with Gasteiger partial charge in [0.1, 0.15) is 11.3 Å². The molecule has 0 unspecified atom stereocenters. The summed E-state index contributed by atoms with van der Waals surface area (Å²) in [7, 11) is 1.60. The maximum Gasteiger partial charge on any atom is 0.278 e. The third-order valence-corrected chi connectivity index (χ3v) is 6.59. The van der Waals surface area contributed by atoms with Gasteiger partial charge >= 0.3 is 0 Å². The van der Waals surface area contributed by atoms with Crippen molar-refractivity contribution >= 4 is 51.7 Å². The smallest absolute Gasteiger partial charge is 0.278 e. The minimum atomic E-state index is -0.222. The number of benzene rings is 3. The molecule has 3 N–H and O–H groups in total. The van der Waals surface area contributed by atoms with E-state index in [1.807, 2.05) is 48.5 Å². The fraction of sp³-hybridized carbons (Fsp3) is 0.115. The molecule has 0 atom stereocenters. The highest BCUT2D eigenvalue weighted by Crippen LogP contribution is 2.26. The Balaban J connectivity index is 1.37. The Bertz CT molecular complexity index is 1690. The van der Waals surface area contributed by atoms with E-state index in [0.717, 1.165) is 22.0 Å². The summed E-state index contributed by atoms with van der Waals surface area (Å²) in [4.78, 5) is 32.1. The summed E-state index contributed by atoms with van der Waals surface area (Å²) >= 11 is 11.7. The molecule has 5 rings (SSSR count). The quantitative estimate of drug-likeness (QED) is 0.278. The summed E-state index contributed by atoms with van der Waals surface area (Å²) in [5.74, 6) is 0.485. The van der Waals surface area contributed by atoms with Gasteiger partial charge in [-0.2, -0.15) is 0 Å². The molecule has 0 saturated heterocycles. The number of hydrogen-bond acceptors (Lipinski definition) is 4. The highest BCUT2D eigenvalue weighted by Gasteiger charge is 2.13. The third kappa shape index (κ3) is 4.45. The number of carbonyl (C=O) groups is 1. The van der Waals surface area contributed by atoms with E-state index in [9.17, 15) is 9.59 Å². The number of carbonyl (C=O) groups excluding carboxylic acids is 1. The average Bonchev–Trinajstić information content (AvgIpc) is 3.24. The Kier molecular flexibility index (Phi) is 6.15. The molecule has 5 aromatic rings. The van der Waals surface area contributed by atoms with Crippen LogP contribution in [0.3, 0.4) is 0 Å². The third-order valence-electron chi connectivity index (χ3n) is 5.90. The van der Waals surface area contributed by atoms with Crippen LogP contribution in [0.15, 0.2) is 71.5 Å². The number of fused-ring (bicyclic) bond motifs is 3. The van der Waals surface area contributed by atoms with Crippen molar-refractivity contribution < 1.29 is 9.53 Å². The number of amides is 1. The number of H-pyrrole nitrogens is 2. The van der Waals surface area contributed by atoms with Gasteiger partial charge in [-0.3, -0.25) is 14.2 Å². The van der Waals surface area contributed by atoms with Crippen LogP contribution in [-0.2, 0) is 13.1 Å². The lowest BCUT2D eigenvalue weighted by molar-refractivity contribution is 0.0951. The monoisotopic (exact) mass is 504 g/mol. The van der Waals surface area contributed by atoms with Gasteiger partial charge in [-0.15, -0.1) is 0 Å². The number of aromatic nitrogens is 3. The minimum Gasteiger partial charge on any atom is -0.497 e. The topological polar surface area (TPSA) is 91.9 Å². The van der Waals surface area contributed by atoms with Gasteiger partial charge in [0.25, 0.3) is 11.5 Å². The van der Waals surface area contributed by atoms with Crippen LogP contribution < -0.4 is 15.6 Å². The SMILES string of the molecule is COc1ccc2[nH]c3c(=O)n(Cc4ccc(C(=O)NCc5ccccc5Cl)cc4)c(=S)[nH]c3c2c1. The zero-order valence-electron chi connectivity index (χ0n) is 18.7. The van der Waals surface area contributed by atoms with Gasteiger partial charge in [0.05, 0.1) is 19.2 Å². The summed E-state index contributed by atoms with van der Waals surface area (Å²) < 4.78 is 7.11. The van der Waals surface area contributed by atoms with Crippen LogP contribution in [0.25, 0.3) is 21.9 Å². The first-order chi connectivity index (χ1) is 16.9. The van der Waals surface area contributed by atoms with Gasteiger partial charge < -0.3 is 20.0 Å². The lowest BCUT2D eigenvalue weighted by Crippen LogP contribution is -2.24. The molecule has 176 valence electrons. The Morgan fingerprint density at radius 1 is 1.06 bits per heavy atom. The summed E-state index contributed by atoms with van der Waals surface area (Å²) in [6.45, 7) is 0.603. The van der Waals surface area contributed by atoms with Crippen molar-refractivity contribution in [1.29, 1.82) is 0 Å². The van der Waals surface area contributed by atoms with Crippen molar-refractivity contribution in [2.24, 2.45) is 0 Å². The Hall–Kier alpha value is -3.88. The van der Waals surface area contributed by atoms with Crippen molar-refractivity contribution in [1.82, 2.24) is 19.9 Å². The Morgan fingerprint density at radius 2 is 1.83 bits per heavy atom. The van der Waals surface area contributed by atoms with Crippen molar-refractivity contribution in [3.8, 4) is 5.75 Å². The first-order valence-electron chi connectivity index (χ1n) is 10.9.